The molecule has 0 radical (unpaired) electrons. The first-order valence-corrected chi connectivity index (χ1v) is 8.32. The van der Waals surface area contributed by atoms with Crippen molar-refractivity contribution in [1.29, 1.82) is 5.26 Å². The lowest BCUT2D eigenvalue weighted by Crippen LogP contribution is -2.15. The van der Waals surface area contributed by atoms with E-state index in [1.54, 1.807) is 36.5 Å². The summed E-state index contributed by atoms with van der Waals surface area (Å²) >= 11 is 0. The smallest absolute Gasteiger partial charge is 0.274 e. The molecule has 5 nitrogen and oxygen atoms in total. The molecule has 5 heteroatoms. The van der Waals surface area contributed by atoms with Gasteiger partial charge in [-0.1, -0.05) is 31.2 Å². The maximum absolute atomic E-state index is 12.5. The quantitative estimate of drug-likeness (QED) is 0.715. The predicted octanol–water partition coefficient (Wildman–Crippen LogP) is 4.51. The molecule has 3 aromatic rings. The summed E-state index contributed by atoms with van der Waals surface area (Å²) in [4.78, 5) is 16.7. The number of rotatable bonds is 5. The number of nitriles is 1. The van der Waals surface area contributed by atoms with E-state index in [4.69, 9.17) is 5.26 Å². The average molecular weight is 342 g/mol. The molecule has 1 amide bonds. The maximum atomic E-state index is 12.5. The van der Waals surface area contributed by atoms with Crippen molar-refractivity contribution >= 4 is 23.0 Å². The summed E-state index contributed by atoms with van der Waals surface area (Å²) in [7, 11) is 0. The van der Waals surface area contributed by atoms with Crippen molar-refractivity contribution in [3.05, 3.63) is 83.7 Å². The molecular weight excluding hydrogens is 324 g/mol. The zero-order valence-electron chi connectivity index (χ0n) is 14.4. The molecule has 0 fully saturated rings. The van der Waals surface area contributed by atoms with Crippen molar-refractivity contribution in [2.24, 2.45) is 0 Å². The summed E-state index contributed by atoms with van der Waals surface area (Å²) in [6.45, 7) is 2.04. The minimum atomic E-state index is -0.264. The van der Waals surface area contributed by atoms with Crippen molar-refractivity contribution < 1.29 is 4.79 Å². The van der Waals surface area contributed by atoms with Crippen molar-refractivity contribution in [2.45, 2.75) is 13.3 Å². The van der Waals surface area contributed by atoms with E-state index in [-0.39, 0.29) is 5.91 Å². The summed E-state index contributed by atoms with van der Waals surface area (Å²) in [6.07, 6.45) is 2.41. The molecule has 0 aliphatic rings. The van der Waals surface area contributed by atoms with Crippen LogP contribution in [0.4, 0.5) is 17.1 Å². The summed E-state index contributed by atoms with van der Waals surface area (Å²) in [6, 6.07) is 20.4. The Labute approximate surface area is 152 Å². The lowest BCUT2D eigenvalue weighted by molar-refractivity contribution is 0.102. The number of carbonyl (C=O) groups is 1. The number of nitrogens with one attached hydrogen (secondary N) is 2. The second kappa shape index (κ2) is 7.95. The van der Waals surface area contributed by atoms with Crippen LogP contribution in [0.5, 0.6) is 0 Å². The number of amides is 1. The standard InChI is InChI=1S/C21H18N4O/c1-2-16-7-3-4-9-19(16)25-21(26)20-13-18(10-11-23-20)24-17-8-5-6-15(12-17)14-22/h3-13H,2H2,1H3,(H,23,24)(H,25,26). The lowest BCUT2D eigenvalue weighted by atomic mass is 10.1. The van der Waals surface area contributed by atoms with Gasteiger partial charge in [-0.3, -0.25) is 9.78 Å². The van der Waals surface area contributed by atoms with E-state index in [9.17, 15) is 4.79 Å². The molecule has 1 heterocycles. The number of aryl methyl sites for hydroxylation is 1. The van der Waals surface area contributed by atoms with Gasteiger partial charge in [-0.25, -0.2) is 0 Å². The number of hydrogen-bond acceptors (Lipinski definition) is 4. The zero-order chi connectivity index (χ0) is 18.4. The summed E-state index contributed by atoms with van der Waals surface area (Å²) in [5.74, 6) is -0.264. The third kappa shape index (κ3) is 4.05. The third-order valence-corrected chi connectivity index (χ3v) is 3.92. The van der Waals surface area contributed by atoms with Crippen molar-refractivity contribution in [2.75, 3.05) is 10.6 Å². The lowest BCUT2D eigenvalue weighted by Gasteiger charge is -2.11. The molecule has 26 heavy (non-hydrogen) atoms. The van der Waals surface area contributed by atoms with Gasteiger partial charge in [0.1, 0.15) is 5.69 Å². The van der Waals surface area contributed by atoms with Crippen molar-refractivity contribution in [3.63, 3.8) is 0 Å². The molecule has 0 unspecified atom stereocenters. The Morgan fingerprint density at radius 3 is 2.69 bits per heavy atom. The minimum absolute atomic E-state index is 0.264. The number of para-hydroxylation sites is 1. The van der Waals surface area contributed by atoms with Gasteiger partial charge >= 0.3 is 0 Å². The van der Waals surface area contributed by atoms with Crippen LogP contribution < -0.4 is 10.6 Å². The molecular formula is C21H18N4O. The fourth-order valence-electron chi connectivity index (χ4n) is 2.60. The number of pyridine rings is 1. The number of aromatic nitrogens is 1. The van der Waals surface area contributed by atoms with Crippen LogP contribution >= 0.6 is 0 Å². The van der Waals surface area contributed by atoms with Gasteiger partial charge < -0.3 is 10.6 Å². The first-order chi connectivity index (χ1) is 12.7. The molecule has 0 atom stereocenters. The van der Waals surface area contributed by atoms with Crippen LogP contribution in [0, 0.1) is 11.3 Å². The van der Waals surface area contributed by atoms with Crippen LogP contribution in [0.25, 0.3) is 0 Å². The average Bonchev–Trinajstić information content (AvgIpc) is 2.68. The fraction of sp³-hybridized carbons (Fsp3) is 0.0952. The Balaban J connectivity index is 1.78. The topological polar surface area (TPSA) is 77.8 Å². The summed E-state index contributed by atoms with van der Waals surface area (Å²) in [5.41, 5.74) is 4.25. The molecule has 0 bridgehead atoms. The highest BCUT2D eigenvalue weighted by Gasteiger charge is 2.10. The molecule has 2 aromatic carbocycles. The van der Waals surface area contributed by atoms with E-state index in [2.05, 4.69) is 21.7 Å². The van der Waals surface area contributed by atoms with E-state index in [1.165, 1.54) is 0 Å². The van der Waals surface area contributed by atoms with Crippen LogP contribution in [-0.2, 0) is 6.42 Å². The highest BCUT2D eigenvalue weighted by Crippen LogP contribution is 2.20. The molecule has 128 valence electrons. The Kier molecular flexibility index (Phi) is 5.25. The molecule has 0 spiro atoms. The van der Waals surface area contributed by atoms with Crippen molar-refractivity contribution in [1.82, 2.24) is 4.98 Å². The van der Waals surface area contributed by atoms with Crippen LogP contribution in [0.2, 0.25) is 0 Å². The number of benzene rings is 2. The number of carbonyl (C=O) groups excluding carboxylic acids is 1. The molecule has 0 saturated carbocycles. The largest absolute Gasteiger partial charge is 0.355 e. The molecule has 0 aliphatic carbocycles. The van der Waals surface area contributed by atoms with Gasteiger partial charge in [-0.2, -0.15) is 5.26 Å². The molecule has 0 aliphatic heterocycles. The van der Waals surface area contributed by atoms with E-state index in [0.717, 1.165) is 29.0 Å². The molecule has 1 aromatic heterocycles. The summed E-state index contributed by atoms with van der Waals surface area (Å²) < 4.78 is 0. The monoisotopic (exact) mass is 342 g/mol. The first-order valence-electron chi connectivity index (χ1n) is 8.32. The Hall–Kier alpha value is -3.65. The van der Waals surface area contributed by atoms with E-state index >= 15 is 0 Å². The van der Waals surface area contributed by atoms with Gasteiger partial charge in [0.2, 0.25) is 0 Å². The van der Waals surface area contributed by atoms with E-state index in [1.807, 2.05) is 37.3 Å². The molecule has 0 saturated heterocycles. The predicted molar refractivity (Wildman–Crippen MR) is 102 cm³/mol. The minimum Gasteiger partial charge on any atom is -0.355 e. The number of nitrogens with zero attached hydrogens (tertiary/aromatic N) is 2. The zero-order valence-corrected chi connectivity index (χ0v) is 14.4. The number of anilines is 3. The van der Waals surface area contributed by atoms with E-state index < -0.39 is 0 Å². The second-order valence-electron chi connectivity index (χ2n) is 5.71. The molecule has 3 rings (SSSR count). The first kappa shape index (κ1) is 17.2. The van der Waals surface area contributed by atoms with Gasteiger partial charge in [-0.05, 0) is 48.4 Å². The summed E-state index contributed by atoms with van der Waals surface area (Å²) in [5, 5.41) is 15.1. The van der Waals surface area contributed by atoms with Crippen LogP contribution in [-0.4, -0.2) is 10.9 Å². The van der Waals surface area contributed by atoms with E-state index in [0.29, 0.717) is 11.3 Å². The van der Waals surface area contributed by atoms with Crippen molar-refractivity contribution in [3.8, 4) is 6.07 Å². The normalized spacial score (nSPS) is 10.0. The highest BCUT2D eigenvalue weighted by molar-refractivity contribution is 6.03. The third-order valence-electron chi connectivity index (χ3n) is 3.92. The van der Waals surface area contributed by atoms with Gasteiger partial charge in [-0.15, -0.1) is 0 Å². The van der Waals surface area contributed by atoms with Crippen LogP contribution in [0.3, 0.4) is 0 Å². The fourth-order valence-corrected chi connectivity index (χ4v) is 2.60. The molecule has 2 N–H and O–H groups in total. The Bertz CT molecular complexity index is 975. The van der Waals surface area contributed by atoms with Crippen LogP contribution in [0.15, 0.2) is 66.9 Å². The maximum Gasteiger partial charge on any atom is 0.274 e. The van der Waals surface area contributed by atoms with Crippen LogP contribution in [0.1, 0.15) is 28.5 Å². The number of hydrogen-bond donors (Lipinski definition) is 2. The van der Waals surface area contributed by atoms with Gasteiger partial charge in [0.25, 0.3) is 5.91 Å². The van der Waals surface area contributed by atoms with Gasteiger partial charge in [0, 0.05) is 23.3 Å². The Morgan fingerprint density at radius 2 is 1.88 bits per heavy atom. The Morgan fingerprint density at radius 1 is 1.08 bits per heavy atom. The van der Waals surface area contributed by atoms with Gasteiger partial charge in [0.15, 0.2) is 0 Å². The highest BCUT2D eigenvalue weighted by atomic mass is 16.1. The van der Waals surface area contributed by atoms with Gasteiger partial charge in [0.05, 0.1) is 11.6 Å². The SMILES string of the molecule is CCc1ccccc1NC(=O)c1cc(Nc2cccc(C#N)c2)ccn1. The second-order valence-corrected chi connectivity index (χ2v) is 5.71.